The summed E-state index contributed by atoms with van der Waals surface area (Å²) in [6.45, 7) is 4.17. The Balaban J connectivity index is 2.07. The Morgan fingerprint density at radius 1 is 1.07 bits per heavy atom. The highest BCUT2D eigenvalue weighted by molar-refractivity contribution is 6.31. The van der Waals surface area contributed by atoms with Crippen molar-refractivity contribution in [3.05, 3.63) is 64.7 Å². The zero-order valence-electron chi connectivity index (χ0n) is 18.1. The molecule has 162 valence electrons. The summed E-state index contributed by atoms with van der Waals surface area (Å²) in [5, 5.41) is 6.47. The van der Waals surface area contributed by atoms with Gasteiger partial charge in [-0.05, 0) is 55.9 Å². The number of likely N-dealkylation sites (N-methyl/N-ethyl adjacent to an activating group) is 1. The SMILES string of the molecule is COc1ccc(C(=O)N[C@H](C(=O)NC[C@H](c2ccccc2Cl)N(C)C)C(C)C)cc1. The smallest absolute Gasteiger partial charge is 0.251 e. The Morgan fingerprint density at radius 2 is 1.70 bits per heavy atom. The molecule has 0 aliphatic heterocycles. The number of ether oxygens (including phenoxy) is 1. The lowest BCUT2D eigenvalue weighted by atomic mass is 10.0. The summed E-state index contributed by atoms with van der Waals surface area (Å²) in [5.74, 6) is 0.0526. The Hall–Kier alpha value is -2.57. The number of hydrogen-bond donors (Lipinski definition) is 2. The molecule has 0 aliphatic rings. The third-order valence-corrected chi connectivity index (χ3v) is 5.29. The van der Waals surface area contributed by atoms with Crippen LogP contribution in [0.5, 0.6) is 5.75 Å². The van der Waals surface area contributed by atoms with E-state index in [9.17, 15) is 9.59 Å². The van der Waals surface area contributed by atoms with Gasteiger partial charge >= 0.3 is 0 Å². The highest BCUT2D eigenvalue weighted by Crippen LogP contribution is 2.25. The second-order valence-electron chi connectivity index (χ2n) is 7.67. The van der Waals surface area contributed by atoms with Crippen molar-refractivity contribution < 1.29 is 14.3 Å². The van der Waals surface area contributed by atoms with E-state index >= 15 is 0 Å². The summed E-state index contributed by atoms with van der Waals surface area (Å²) in [6, 6.07) is 13.6. The van der Waals surface area contributed by atoms with Crippen LogP contribution in [-0.2, 0) is 4.79 Å². The molecule has 0 radical (unpaired) electrons. The summed E-state index contributed by atoms with van der Waals surface area (Å²) in [6.07, 6.45) is 0. The van der Waals surface area contributed by atoms with Gasteiger partial charge in [-0.25, -0.2) is 0 Å². The molecule has 30 heavy (non-hydrogen) atoms. The van der Waals surface area contributed by atoms with Crippen LogP contribution in [0.2, 0.25) is 5.02 Å². The van der Waals surface area contributed by atoms with E-state index in [4.69, 9.17) is 16.3 Å². The third-order valence-electron chi connectivity index (χ3n) is 4.95. The van der Waals surface area contributed by atoms with Crippen molar-refractivity contribution in [3.8, 4) is 5.75 Å². The molecule has 0 heterocycles. The largest absolute Gasteiger partial charge is 0.497 e. The molecule has 0 saturated heterocycles. The molecule has 2 amide bonds. The number of hydrogen-bond acceptors (Lipinski definition) is 4. The lowest BCUT2D eigenvalue weighted by molar-refractivity contribution is -0.124. The predicted molar refractivity (Wildman–Crippen MR) is 120 cm³/mol. The summed E-state index contributed by atoms with van der Waals surface area (Å²) in [7, 11) is 5.44. The van der Waals surface area contributed by atoms with Gasteiger partial charge in [-0.1, -0.05) is 43.6 Å². The van der Waals surface area contributed by atoms with Crippen molar-refractivity contribution in [1.29, 1.82) is 0 Å². The summed E-state index contributed by atoms with van der Waals surface area (Å²) in [4.78, 5) is 27.5. The number of benzene rings is 2. The van der Waals surface area contributed by atoms with E-state index in [-0.39, 0.29) is 23.8 Å². The fourth-order valence-corrected chi connectivity index (χ4v) is 3.39. The standard InChI is InChI=1S/C23H30ClN3O3/c1-15(2)21(26-22(28)16-10-12-17(30-5)13-11-16)23(29)25-14-20(27(3)4)18-8-6-7-9-19(18)24/h6-13,15,20-21H,14H2,1-5H3,(H,25,29)(H,26,28)/t20-,21+/m1/s1. The first-order valence-corrected chi connectivity index (χ1v) is 10.3. The van der Waals surface area contributed by atoms with E-state index in [0.717, 1.165) is 5.56 Å². The molecule has 2 rings (SSSR count). The van der Waals surface area contributed by atoms with Gasteiger partial charge in [0.25, 0.3) is 5.91 Å². The van der Waals surface area contributed by atoms with E-state index in [0.29, 0.717) is 22.9 Å². The monoisotopic (exact) mass is 431 g/mol. The predicted octanol–water partition coefficient (Wildman–Crippen LogP) is 3.52. The molecule has 7 heteroatoms. The van der Waals surface area contributed by atoms with Crippen molar-refractivity contribution in [2.24, 2.45) is 5.92 Å². The van der Waals surface area contributed by atoms with E-state index in [1.807, 2.05) is 57.1 Å². The number of nitrogens with one attached hydrogen (secondary N) is 2. The summed E-state index contributed by atoms with van der Waals surface area (Å²) in [5.41, 5.74) is 1.41. The Labute approximate surface area is 183 Å². The highest BCUT2D eigenvalue weighted by atomic mass is 35.5. The normalized spacial score (nSPS) is 13.1. The molecule has 2 aromatic carbocycles. The maximum absolute atomic E-state index is 12.9. The first-order chi connectivity index (χ1) is 14.2. The van der Waals surface area contributed by atoms with Gasteiger partial charge < -0.3 is 20.3 Å². The van der Waals surface area contributed by atoms with Crippen LogP contribution in [-0.4, -0.2) is 50.5 Å². The van der Waals surface area contributed by atoms with Crippen LogP contribution < -0.4 is 15.4 Å². The van der Waals surface area contributed by atoms with E-state index in [2.05, 4.69) is 10.6 Å². The second-order valence-corrected chi connectivity index (χ2v) is 8.08. The van der Waals surface area contributed by atoms with Crippen LogP contribution in [0.3, 0.4) is 0 Å². The number of carbonyl (C=O) groups is 2. The third kappa shape index (κ3) is 6.21. The fourth-order valence-electron chi connectivity index (χ4n) is 3.13. The first kappa shape index (κ1) is 23.7. The highest BCUT2D eigenvalue weighted by Gasteiger charge is 2.26. The molecule has 6 nitrogen and oxygen atoms in total. The molecule has 2 atom stereocenters. The van der Waals surface area contributed by atoms with Crippen LogP contribution in [0.25, 0.3) is 0 Å². The Kier molecular flexibility index (Phi) is 8.69. The first-order valence-electron chi connectivity index (χ1n) is 9.88. The summed E-state index contributed by atoms with van der Waals surface area (Å²) < 4.78 is 5.12. The van der Waals surface area contributed by atoms with Crippen LogP contribution in [0.1, 0.15) is 35.8 Å². The molecule has 0 aromatic heterocycles. The molecule has 0 spiro atoms. The van der Waals surface area contributed by atoms with E-state index < -0.39 is 6.04 Å². The van der Waals surface area contributed by atoms with E-state index in [1.165, 1.54) is 0 Å². The van der Waals surface area contributed by atoms with Crippen LogP contribution in [0.4, 0.5) is 0 Å². The van der Waals surface area contributed by atoms with Gasteiger partial charge in [0.1, 0.15) is 11.8 Å². The minimum atomic E-state index is -0.659. The molecule has 0 fully saturated rings. The number of halogens is 1. The van der Waals surface area contributed by atoms with Crippen LogP contribution in [0, 0.1) is 5.92 Å². The minimum Gasteiger partial charge on any atom is -0.497 e. The number of carbonyl (C=O) groups excluding carboxylic acids is 2. The van der Waals surface area contributed by atoms with Crippen molar-refractivity contribution in [2.45, 2.75) is 25.9 Å². The average molecular weight is 432 g/mol. The topological polar surface area (TPSA) is 70.7 Å². The van der Waals surface area contributed by atoms with Crippen LogP contribution in [0.15, 0.2) is 48.5 Å². The molecule has 0 saturated carbocycles. The molecular formula is C23H30ClN3O3. The molecular weight excluding hydrogens is 402 g/mol. The van der Waals surface area contributed by atoms with Gasteiger partial charge in [0, 0.05) is 17.1 Å². The lowest BCUT2D eigenvalue weighted by Gasteiger charge is -2.28. The average Bonchev–Trinajstić information content (AvgIpc) is 2.72. The lowest BCUT2D eigenvalue weighted by Crippen LogP contribution is -2.51. The maximum Gasteiger partial charge on any atom is 0.251 e. The van der Waals surface area contributed by atoms with Crippen LogP contribution >= 0.6 is 11.6 Å². The summed E-state index contributed by atoms with van der Waals surface area (Å²) >= 11 is 6.34. The molecule has 2 N–H and O–H groups in total. The van der Waals surface area contributed by atoms with Crippen molar-refractivity contribution in [3.63, 3.8) is 0 Å². The zero-order chi connectivity index (χ0) is 22.3. The quantitative estimate of drug-likeness (QED) is 0.637. The van der Waals surface area contributed by atoms with Gasteiger partial charge in [0.15, 0.2) is 0 Å². The Bertz CT molecular complexity index is 853. The van der Waals surface area contributed by atoms with Crippen molar-refractivity contribution in [1.82, 2.24) is 15.5 Å². The van der Waals surface area contributed by atoms with E-state index in [1.54, 1.807) is 31.4 Å². The molecule has 0 aliphatic carbocycles. The fraction of sp³-hybridized carbons (Fsp3) is 0.391. The second kappa shape index (κ2) is 11.0. The van der Waals surface area contributed by atoms with Gasteiger partial charge in [-0.2, -0.15) is 0 Å². The van der Waals surface area contributed by atoms with Crippen molar-refractivity contribution >= 4 is 23.4 Å². The Morgan fingerprint density at radius 3 is 2.23 bits per heavy atom. The van der Waals surface area contributed by atoms with Gasteiger partial charge in [0.05, 0.1) is 13.2 Å². The van der Waals surface area contributed by atoms with Gasteiger partial charge in [-0.3, -0.25) is 9.59 Å². The zero-order valence-corrected chi connectivity index (χ0v) is 18.9. The number of amides is 2. The maximum atomic E-state index is 12.9. The van der Waals surface area contributed by atoms with Gasteiger partial charge in [0.2, 0.25) is 5.91 Å². The number of methoxy groups -OCH3 is 1. The van der Waals surface area contributed by atoms with Crippen molar-refractivity contribution in [2.75, 3.05) is 27.7 Å². The van der Waals surface area contributed by atoms with Gasteiger partial charge in [-0.15, -0.1) is 0 Å². The minimum absolute atomic E-state index is 0.0784. The molecule has 0 bridgehead atoms. The molecule has 2 aromatic rings. The molecule has 0 unspecified atom stereocenters. The number of rotatable bonds is 9. The number of nitrogens with zero attached hydrogens (tertiary/aromatic N) is 1.